The minimum absolute atomic E-state index is 0.139. The maximum Gasteiger partial charge on any atom is 0.260 e. The first kappa shape index (κ1) is 28.5. The minimum Gasteiger partial charge on any atom is -0.394 e. The zero-order valence-electron chi connectivity index (χ0n) is 18.7. The van der Waals surface area contributed by atoms with Gasteiger partial charge in [0.1, 0.15) is 36.6 Å². The van der Waals surface area contributed by atoms with Gasteiger partial charge in [-0.05, 0) is 12.5 Å². The van der Waals surface area contributed by atoms with Gasteiger partial charge in [0.2, 0.25) is 11.8 Å². The van der Waals surface area contributed by atoms with Gasteiger partial charge in [0.25, 0.3) is 5.91 Å². The maximum atomic E-state index is 12.1. The second-order valence-corrected chi connectivity index (χ2v) is 8.19. The summed E-state index contributed by atoms with van der Waals surface area (Å²) >= 11 is 0. The van der Waals surface area contributed by atoms with Gasteiger partial charge in [0, 0.05) is 13.5 Å². The molecule has 0 aromatic heterocycles. The van der Waals surface area contributed by atoms with Gasteiger partial charge in [-0.15, -0.1) is 0 Å². The Morgan fingerprint density at radius 2 is 1.62 bits per heavy atom. The summed E-state index contributed by atoms with van der Waals surface area (Å²) in [5.41, 5.74) is 0. The topological polar surface area (TPSA) is 227 Å². The number of hydrogen-bond donors (Lipinski definition) is 9. The molecule has 0 spiro atoms. The van der Waals surface area contributed by atoms with Crippen LogP contribution < -0.4 is 10.6 Å². The van der Waals surface area contributed by atoms with Gasteiger partial charge in [0.15, 0.2) is 0 Å². The SMILES string of the molecule is C=CC(=O)NCCCO[C@@]1(NC(C)=O)O[C@H](CO)[C@@H](O)[C@H](O)[C@@H]1[C@@H]1O[C@H](CO)[C@H](O)[C@H](O)[C@H]1O. The molecule has 0 aliphatic carbocycles. The molecule has 0 unspecified atom stereocenters. The Balaban J connectivity index is 2.40. The van der Waals surface area contributed by atoms with E-state index in [1.54, 1.807) is 0 Å². The van der Waals surface area contributed by atoms with Crippen LogP contribution >= 0.6 is 0 Å². The number of carbonyl (C=O) groups is 2. The summed E-state index contributed by atoms with van der Waals surface area (Å²) in [4.78, 5) is 23.4. The van der Waals surface area contributed by atoms with Crippen molar-refractivity contribution in [3.63, 3.8) is 0 Å². The predicted octanol–water partition coefficient (Wildman–Crippen LogP) is -4.94. The van der Waals surface area contributed by atoms with Crippen molar-refractivity contribution in [1.82, 2.24) is 10.6 Å². The van der Waals surface area contributed by atoms with Crippen LogP contribution in [0.5, 0.6) is 0 Å². The fourth-order valence-corrected chi connectivity index (χ4v) is 4.12. The molecular formula is C20H34N2O12. The minimum atomic E-state index is -2.28. The van der Waals surface area contributed by atoms with E-state index in [1.165, 1.54) is 0 Å². The van der Waals surface area contributed by atoms with Crippen LogP contribution in [-0.2, 0) is 23.8 Å². The largest absolute Gasteiger partial charge is 0.394 e. The summed E-state index contributed by atoms with van der Waals surface area (Å²) in [6.07, 6.45) is -12.1. The first-order valence-electron chi connectivity index (χ1n) is 10.8. The first-order chi connectivity index (χ1) is 16.0. The molecule has 2 saturated heterocycles. The van der Waals surface area contributed by atoms with E-state index in [4.69, 9.17) is 14.2 Å². The Kier molecular flexibility index (Phi) is 10.3. The molecule has 0 aromatic carbocycles. The molecule has 2 amide bonds. The van der Waals surface area contributed by atoms with Gasteiger partial charge in [-0.1, -0.05) is 6.58 Å². The lowest BCUT2D eigenvalue weighted by molar-refractivity contribution is -0.388. The van der Waals surface area contributed by atoms with Gasteiger partial charge >= 0.3 is 0 Å². The molecule has 14 heteroatoms. The Bertz CT molecular complexity index is 709. The average molecular weight is 494 g/mol. The van der Waals surface area contributed by atoms with E-state index in [-0.39, 0.29) is 19.6 Å². The quantitative estimate of drug-likeness (QED) is 0.0790. The standard InChI is InChI=1S/C20H34N2O12/c1-3-12(26)21-5-4-6-32-20(22-9(2)25)13(16(29)15(28)11(8-24)34-20)19-18(31)17(30)14(27)10(7-23)33-19/h3,10-11,13-19,23-24,27-31H,1,4-8H2,2H3,(H,21,26)(H,22,25)/t10-,11-,13-,14+,15-,16-,17+,18-,19+,20-/m1/s1. The van der Waals surface area contributed by atoms with E-state index in [0.29, 0.717) is 0 Å². The molecule has 0 saturated carbocycles. The highest BCUT2D eigenvalue weighted by Crippen LogP contribution is 2.41. The first-order valence-corrected chi connectivity index (χ1v) is 10.8. The molecule has 2 heterocycles. The zero-order valence-corrected chi connectivity index (χ0v) is 18.7. The van der Waals surface area contributed by atoms with Crippen LogP contribution in [0.4, 0.5) is 0 Å². The van der Waals surface area contributed by atoms with Crippen molar-refractivity contribution >= 4 is 11.8 Å². The molecule has 196 valence electrons. The third-order valence-corrected chi connectivity index (χ3v) is 5.80. The number of nitrogens with one attached hydrogen (secondary N) is 2. The second-order valence-electron chi connectivity index (χ2n) is 8.19. The highest BCUT2D eigenvalue weighted by molar-refractivity contribution is 5.86. The summed E-state index contributed by atoms with van der Waals surface area (Å²) in [5.74, 6) is -5.03. The van der Waals surface area contributed by atoms with Gasteiger partial charge in [-0.3, -0.25) is 9.59 Å². The maximum absolute atomic E-state index is 12.1. The second kappa shape index (κ2) is 12.3. The van der Waals surface area contributed by atoms with E-state index in [9.17, 15) is 45.3 Å². The fourth-order valence-electron chi connectivity index (χ4n) is 4.12. The van der Waals surface area contributed by atoms with Gasteiger partial charge in [-0.2, -0.15) is 0 Å². The molecule has 34 heavy (non-hydrogen) atoms. The molecule has 2 rings (SSSR count). The number of ether oxygens (including phenoxy) is 3. The molecule has 0 bridgehead atoms. The average Bonchev–Trinajstić information content (AvgIpc) is 2.80. The summed E-state index contributed by atoms with van der Waals surface area (Å²) in [6, 6.07) is 0. The van der Waals surface area contributed by atoms with Crippen molar-refractivity contribution in [3.8, 4) is 0 Å². The molecular weight excluding hydrogens is 460 g/mol. The third-order valence-electron chi connectivity index (χ3n) is 5.80. The van der Waals surface area contributed by atoms with Crippen molar-refractivity contribution in [2.24, 2.45) is 5.92 Å². The Labute approximate surface area is 195 Å². The molecule has 9 N–H and O–H groups in total. The summed E-state index contributed by atoms with van der Waals surface area (Å²) in [6.45, 7) is 2.84. The number of aliphatic hydroxyl groups is 7. The summed E-state index contributed by atoms with van der Waals surface area (Å²) in [7, 11) is 0. The van der Waals surface area contributed by atoms with Crippen LogP contribution in [0.1, 0.15) is 13.3 Å². The van der Waals surface area contributed by atoms with Gasteiger partial charge in [0.05, 0.1) is 37.9 Å². The fraction of sp³-hybridized carbons (Fsp3) is 0.800. The molecule has 2 aliphatic heterocycles. The van der Waals surface area contributed by atoms with Gasteiger partial charge in [-0.25, -0.2) is 0 Å². The Morgan fingerprint density at radius 1 is 1.00 bits per heavy atom. The van der Waals surface area contributed by atoms with Crippen molar-refractivity contribution in [2.75, 3.05) is 26.4 Å². The van der Waals surface area contributed by atoms with E-state index >= 15 is 0 Å². The number of aliphatic hydroxyl groups excluding tert-OH is 7. The summed E-state index contributed by atoms with van der Waals surface area (Å²) in [5, 5.41) is 76.4. The highest BCUT2D eigenvalue weighted by Gasteiger charge is 2.62. The van der Waals surface area contributed by atoms with Crippen molar-refractivity contribution in [3.05, 3.63) is 12.7 Å². The lowest BCUT2D eigenvalue weighted by Crippen LogP contribution is -2.75. The normalized spacial score (nSPS) is 40.4. The van der Waals surface area contributed by atoms with E-state index < -0.39 is 85.7 Å². The van der Waals surface area contributed by atoms with Crippen LogP contribution in [0.15, 0.2) is 12.7 Å². The van der Waals surface area contributed by atoms with Crippen LogP contribution in [0.2, 0.25) is 0 Å². The molecule has 0 aromatic rings. The molecule has 2 aliphatic rings. The van der Waals surface area contributed by atoms with Crippen molar-refractivity contribution in [2.45, 2.75) is 68.1 Å². The highest BCUT2D eigenvalue weighted by atomic mass is 16.7. The lowest BCUT2D eigenvalue weighted by Gasteiger charge is -2.54. The molecule has 0 radical (unpaired) electrons. The lowest BCUT2D eigenvalue weighted by atomic mass is 9.78. The monoisotopic (exact) mass is 494 g/mol. The third kappa shape index (κ3) is 6.09. The number of amides is 2. The van der Waals surface area contributed by atoms with Crippen molar-refractivity contribution in [1.29, 1.82) is 0 Å². The van der Waals surface area contributed by atoms with Crippen LogP contribution in [0.3, 0.4) is 0 Å². The number of hydrogen-bond acceptors (Lipinski definition) is 12. The molecule has 14 nitrogen and oxygen atoms in total. The van der Waals surface area contributed by atoms with Crippen LogP contribution in [0, 0.1) is 5.92 Å². The Hall–Kier alpha value is -1.72. The number of rotatable bonds is 10. The smallest absolute Gasteiger partial charge is 0.260 e. The molecule has 2 fully saturated rings. The predicted molar refractivity (Wildman–Crippen MR) is 112 cm³/mol. The van der Waals surface area contributed by atoms with E-state index in [2.05, 4.69) is 17.2 Å². The summed E-state index contributed by atoms with van der Waals surface area (Å²) < 4.78 is 17.0. The number of carbonyl (C=O) groups excluding carboxylic acids is 2. The zero-order chi connectivity index (χ0) is 25.6. The Morgan fingerprint density at radius 3 is 2.18 bits per heavy atom. The van der Waals surface area contributed by atoms with E-state index in [1.807, 2.05) is 0 Å². The van der Waals surface area contributed by atoms with Crippen molar-refractivity contribution < 1.29 is 59.5 Å². The van der Waals surface area contributed by atoms with Crippen LogP contribution in [0.25, 0.3) is 0 Å². The van der Waals surface area contributed by atoms with E-state index in [0.717, 1.165) is 13.0 Å². The van der Waals surface area contributed by atoms with Gasteiger partial charge < -0.3 is 60.6 Å². The van der Waals surface area contributed by atoms with Crippen LogP contribution in [-0.4, -0.2) is 129 Å². The molecule has 10 atom stereocenters.